The molecule has 1 aromatic heterocycles. The van der Waals surface area contributed by atoms with Crippen LogP contribution in [0.25, 0.3) is 109 Å². The minimum absolute atomic E-state index is 0.498. The minimum Gasteiger partial charge on any atom is -0.456 e. The topological polar surface area (TPSA) is 13.1 Å². The molecule has 0 N–H and O–H groups in total. The smallest absolute Gasteiger partial charge is 0.136 e. The van der Waals surface area contributed by atoms with Gasteiger partial charge in [0.25, 0.3) is 0 Å². The van der Waals surface area contributed by atoms with Crippen molar-refractivity contribution in [3.05, 3.63) is 181 Å². The zero-order valence-electron chi connectivity index (χ0n) is 55.4. The van der Waals surface area contributed by atoms with E-state index in [9.17, 15) is 16.4 Å². The van der Waals surface area contributed by atoms with Gasteiger partial charge in [-0.3, -0.25) is 0 Å². The van der Waals surface area contributed by atoms with Crippen molar-refractivity contribution in [2.75, 3.05) is 0 Å². The average Bonchev–Trinajstić information content (AvgIpc) is 3.34. The molecule has 0 aliphatic heterocycles. The SMILES string of the molecule is [2H]c1c([2H])c(-c2c([2H])c([2H])c([2H])c3c([2H])c([2H])c4c([2H])c([2H])c([2H])c([2H])c4c23)c([2H])c([2H])c1-c1c2c([2H])c([2H])c([2H])c([2H])c2c(-c2c([2H])c([2H])c([2H])c3oc4c([2H])c5c([2H])c([2H])c([2H])c([2H])c5c([2H])c4c23)c2c([2H])c([2H])c([2H])c([2H])c12. The summed E-state index contributed by atoms with van der Waals surface area (Å²) in [4.78, 5) is 0. The van der Waals surface area contributed by atoms with Crippen LogP contribution in [0, 0.1) is 0 Å². The predicted molar refractivity (Wildman–Crippen MR) is 218 cm³/mol. The van der Waals surface area contributed by atoms with Crippen molar-refractivity contribution in [2.24, 2.45) is 0 Å². The van der Waals surface area contributed by atoms with E-state index >= 15 is 0 Å². The molecule has 1 nitrogen and oxygen atoms in total. The quantitative estimate of drug-likeness (QED) is 0.134. The van der Waals surface area contributed by atoms with Crippen LogP contribution in [-0.4, -0.2) is 0 Å². The van der Waals surface area contributed by atoms with Gasteiger partial charge in [-0.2, -0.15) is 0 Å². The molecule has 0 atom stereocenters. The molecule has 0 radical (unpaired) electrons. The zero-order chi connectivity index (χ0) is 59.6. The van der Waals surface area contributed by atoms with Gasteiger partial charge in [-0.1, -0.05) is 163 Å². The van der Waals surface area contributed by atoms with Crippen LogP contribution in [-0.2, 0) is 0 Å². The number of hydrogen-bond acceptors (Lipinski definition) is 1. The van der Waals surface area contributed by atoms with Gasteiger partial charge in [-0.15, -0.1) is 0 Å². The second kappa shape index (κ2) is 10.9. The summed E-state index contributed by atoms with van der Waals surface area (Å²) < 4.78 is 279. The number of furan rings is 1. The summed E-state index contributed by atoms with van der Waals surface area (Å²) in [5.74, 6) is 0. The Morgan fingerprint density at radius 2 is 0.843 bits per heavy atom. The highest BCUT2D eigenvalue weighted by Gasteiger charge is 2.20. The van der Waals surface area contributed by atoms with Gasteiger partial charge in [0.2, 0.25) is 0 Å². The Bertz CT molecular complexity index is 4820. The van der Waals surface area contributed by atoms with E-state index in [-0.39, 0.29) is 0 Å². The summed E-state index contributed by atoms with van der Waals surface area (Å²) in [6.45, 7) is 0. The molecule has 0 aliphatic rings. The van der Waals surface area contributed by atoms with E-state index in [1.165, 1.54) is 0 Å². The average molecular weight is 677 g/mol. The van der Waals surface area contributed by atoms with Gasteiger partial charge >= 0.3 is 0 Å². The standard InChI is InChI=1S/C50H30O/c1-2-13-36-30-46-44(29-35(36)12-1)50-43(21-10-22-45(50)51-46)49-41-18-7-5-16-39(41)48(40-17-6-8-19-42(40)49)34-27-24-32(25-28-34)38-20-9-14-33-26-23-31-11-3-4-15-37(31)47(33)38/h1-30H/i1D,2D,3D,4D,5D,6D,7D,8D,9D,10D,11D,12D,13D,14D,15D,16D,17D,18D,19D,20D,21D,22D,23D,24D,25D,26D,27D,28D,29D,30D. The number of hydrogen-bond donors (Lipinski definition) is 0. The first kappa shape index (κ1) is 11.7. The van der Waals surface area contributed by atoms with Crippen molar-refractivity contribution in [3.8, 4) is 33.4 Å². The Balaban J connectivity index is 1.40. The van der Waals surface area contributed by atoms with E-state index in [1.807, 2.05) is 0 Å². The van der Waals surface area contributed by atoms with Crippen LogP contribution < -0.4 is 0 Å². The lowest BCUT2D eigenvalue weighted by Gasteiger charge is -2.18. The highest BCUT2D eigenvalue weighted by molar-refractivity contribution is 6.26. The second-order valence-electron chi connectivity index (χ2n) is 11.3. The fourth-order valence-electron chi connectivity index (χ4n) is 6.45. The zero-order valence-corrected chi connectivity index (χ0v) is 25.4. The molecule has 1 heterocycles. The van der Waals surface area contributed by atoms with Crippen molar-refractivity contribution < 1.29 is 45.5 Å². The van der Waals surface area contributed by atoms with E-state index in [2.05, 4.69) is 0 Å². The molecule has 0 amide bonds. The normalized spacial score (nSPS) is 20.2. The molecule has 0 saturated carbocycles. The van der Waals surface area contributed by atoms with Crippen LogP contribution in [0.3, 0.4) is 0 Å². The summed E-state index contributed by atoms with van der Waals surface area (Å²) >= 11 is 0. The molecule has 0 unspecified atom stereocenters. The number of rotatable bonds is 3. The summed E-state index contributed by atoms with van der Waals surface area (Å²) in [7, 11) is 0. The Kier molecular flexibility index (Phi) is 2.50. The highest BCUT2D eigenvalue weighted by Crippen LogP contribution is 2.47. The van der Waals surface area contributed by atoms with Crippen LogP contribution in [0.15, 0.2) is 186 Å². The van der Waals surface area contributed by atoms with Crippen molar-refractivity contribution in [1.82, 2.24) is 0 Å². The third kappa shape index (κ3) is 4.22. The molecule has 236 valence electrons. The Morgan fingerprint density at radius 3 is 1.57 bits per heavy atom. The number of benzene rings is 10. The van der Waals surface area contributed by atoms with Crippen molar-refractivity contribution in [3.63, 3.8) is 0 Å². The van der Waals surface area contributed by atoms with E-state index < -0.39 is 290 Å². The molecule has 51 heavy (non-hydrogen) atoms. The molecule has 11 aromatic rings. The summed E-state index contributed by atoms with van der Waals surface area (Å²) in [6, 6.07) is -28.2. The first-order chi connectivity index (χ1) is 37.8. The maximum atomic E-state index is 9.77. The van der Waals surface area contributed by atoms with Gasteiger partial charge in [-0.05, 0) is 105 Å². The molecule has 11 rings (SSSR count). The van der Waals surface area contributed by atoms with Gasteiger partial charge in [0.05, 0.1) is 41.1 Å². The van der Waals surface area contributed by atoms with E-state index in [0.717, 1.165) is 0 Å². The monoisotopic (exact) mass is 676 g/mol. The molecule has 0 spiro atoms. The third-order valence-electron chi connectivity index (χ3n) is 8.57. The Hall–Kier alpha value is -6.70. The van der Waals surface area contributed by atoms with Gasteiger partial charge < -0.3 is 4.42 Å². The lowest BCUT2D eigenvalue weighted by atomic mass is 9.84. The van der Waals surface area contributed by atoms with E-state index in [1.54, 1.807) is 0 Å². The molecule has 0 aliphatic carbocycles. The predicted octanol–water partition coefficient (Wildman–Crippen LogP) is 14.4. The minimum atomic E-state index is -1.15. The van der Waals surface area contributed by atoms with Crippen molar-refractivity contribution in [2.45, 2.75) is 0 Å². The first-order valence-corrected chi connectivity index (χ1v) is 15.2. The van der Waals surface area contributed by atoms with Crippen LogP contribution in [0.4, 0.5) is 0 Å². The largest absolute Gasteiger partial charge is 0.456 e. The lowest BCUT2D eigenvalue weighted by Crippen LogP contribution is -1.91. The van der Waals surface area contributed by atoms with Gasteiger partial charge in [0, 0.05) is 10.8 Å². The molecule has 0 bridgehead atoms. The maximum absolute atomic E-state index is 9.77. The summed E-state index contributed by atoms with van der Waals surface area (Å²) in [6.07, 6.45) is 0. The fraction of sp³-hybridized carbons (Fsp3) is 0. The number of fused-ring (bicyclic) bond motifs is 9. The molecular weight excluding hydrogens is 617 g/mol. The van der Waals surface area contributed by atoms with Crippen LogP contribution >= 0.6 is 0 Å². The van der Waals surface area contributed by atoms with Crippen LogP contribution in [0.5, 0.6) is 0 Å². The lowest BCUT2D eigenvalue weighted by molar-refractivity contribution is 0.669. The maximum Gasteiger partial charge on any atom is 0.136 e. The summed E-state index contributed by atoms with van der Waals surface area (Å²) in [5.41, 5.74) is -6.09. The molecule has 0 fully saturated rings. The second-order valence-corrected chi connectivity index (χ2v) is 11.3. The van der Waals surface area contributed by atoms with Gasteiger partial charge in [0.1, 0.15) is 11.2 Å². The van der Waals surface area contributed by atoms with Gasteiger partial charge in [-0.25, -0.2) is 0 Å². The molecule has 1 heteroatoms. The fourth-order valence-corrected chi connectivity index (χ4v) is 6.45. The van der Waals surface area contributed by atoms with E-state index in [4.69, 9.17) is 29.1 Å². The summed E-state index contributed by atoms with van der Waals surface area (Å²) in [5, 5.41) is -7.64. The third-order valence-corrected chi connectivity index (χ3v) is 8.57. The molecule has 0 saturated heterocycles. The molecule has 10 aromatic carbocycles. The van der Waals surface area contributed by atoms with Crippen molar-refractivity contribution >= 4 is 75.8 Å². The Labute approximate surface area is 336 Å². The Morgan fingerprint density at radius 1 is 0.314 bits per heavy atom. The van der Waals surface area contributed by atoms with E-state index in [0.29, 0.717) is 0 Å². The molecular formula is C50H30O. The van der Waals surface area contributed by atoms with Crippen LogP contribution in [0.1, 0.15) is 41.1 Å². The van der Waals surface area contributed by atoms with Crippen molar-refractivity contribution in [1.29, 1.82) is 0 Å². The van der Waals surface area contributed by atoms with Crippen LogP contribution in [0.2, 0.25) is 0 Å². The van der Waals surface area contributed by atoms with Gasteiger partial charge in [0.15, 0.2) is 0 Å². The highest BCUT2D eigenvalue weighted by atomic mass is 16.3. The first-order valence-electron chi connectivity index (χ1n) is 30.2.